The minimum absolute atomic E-state index is 0.000839. The molecule has 4 nitrogen and oxygen atoms in total. The highest BCUT2D eigenvalue weighted by Crippen LogP contribution is 2.35. The number of thioether (sulfide) groups is 1. The first-order valence-electron chi connectivity index (χ1n) is 7.26. The normalized spacial score (nSPS) is 16.3. The van der Waals surface area contributed by atoms with Crippen LogP contribution in [0.25, 0.3) is 6.08 Å². The van der Waals surface area contributed by atoms with Gasteiger partial charge >= 0.3 is 0 Å². The summed E-state index contributed by atoms with van der Waals surface area (Å²) >= 11 is 0.921. The van der Waals surface area contributed by atoms with E-state index in [1.807, 2.05) is 19.1 Å². The van der Waals surface area contributed by atoms with Crippen molar-refractivity contribution in [1.82, 2.24) is 4.90 Å². The monoisotopic (exact) mass is 329 g/mol. The van der Waals surface area contributed by atoms with Gasteiger partial charge in [0.2, 0.25) is 0 Å². The summed E-state index contributed by atoms with van der Waals surface area (Å²) in [6.45, 7) is 6.11. The van der Waals surface area contributed by atoms with E-state index in [1.54, 1.807) is 13.2 Å². The lowest BCUT2D eigenvalue weighted by Gasteiger charge is -2.15. The molecule has 0 atom stereocenters. The number of carbonyl (C=O) groups is 2. The van der Waals surface area contributed by atoms with Gasteiger partial charge in [0.05, 0.1) is 18.6 Å². The van der Waals surface area contributed by atoms with Crippen LogP contribution in [0.4, 0.5) is 4.79 Å². The molecule has 0 saturated carbocycles. The minimum atomic E-state index is -0.334. The van der Waals surface area contributed by atoms with Gasteiger partial charge in [-0.1, -0.05) is 19.8 Å². The molecule has 0 bridgehead atoms. The predicted molar refractivity (Wildman–Crippen MR) is 93.3 cm³/mol. The van der Waals surface area contributed by atoms with Crippen molar-refractivity contribution in [2.24, 2.45) is 0 Å². The third-order valence-electron chi connectivity index (χ3n) is 3.65. The average molecular weight is 329 g/mol. The average Bonchev–Trinajstić information content (AvgIpc) is 2.76. The Kier molecular flexibility index (Phi) is 5.17. The minimum Gasteiger partial charge on any atom is -0.496 e. The van der Waals surface area contributed by atoms with Crippen molar-refractivity contribution in [3.05, 3.63) is 33.7 Å². The summed E-state index contributed by atoms with van der Waals surface area (Å²) < 4.78 is 5.42. The molecule has 1 aliphatic rings. The molecule has 2 amide bonds. The zero-order valence-electron chi connectivity index (χ0n) is 13.7. The number of benzene rings is 1. The molecule has 0 spiro atoms. The number of hydrogen-bond donors (Lipinski definition) is 0. The van der Waals surface area contributed by atoms with Gasteiger partial charge in [0.15, 0.2) is 0 Å². The molecule has 1 aromatic rings. The summed E-state index contributed by atoms with van der Waals surface area (Å²) in [6.07, 6.45) is 6.95. The Morgan fingerprint density at radius 3 is 2.65 bits per heavy atom. The fourth-order valence-electron chi connectivity index (χ4n) is 2.37. The van der Waals surface area contributed by atoms with Crippen LogP contribution in [-0.4, -0.2) is 29.7 Å². The smallest absolute Gasteiger partial charge is 0.294 e. The number of terminal acetylenes is 1. The predicted octanol–water partition coefficient (Wildman–Crippen LogP) is 3.80. The van der Waals surface area contributed by atoms with Crippen molar-refractivity contribution in [3.8, 4) is 18.1 Å². The van der Waals surface area contributed by atoms with E-state index in [2.05, 4.69) is 19.8 Å². The number of amides is 2. The number of methoxy groups -OCH3 is 1. The molecular weight excluding hydrogens is 310 g/mol. The van der Waals surface area contributed by atoms with Crippen LogP contribution in [0.15, 0.2) is 17.0 Å². The molecule has 0 radical (unpaired) electrons. The van der Waals surface area contributed by atoms with Gasteiger partial charge in [0, 0.05) is 0 Å². The molecule has 5 heteroatoms. The van der Waals surface area contributed by atoms with Crippen LogP contribution >= 0.6 is 11.8 Å². The Balaban J connectivity index is 2.44. The van der Waals surface area contributed by atoms with Crippen molar-refractivity contribution < 1.29 is 14.3 Å². The number of nitrogens with zero attached hydrogens (tertiary/aromatic N) is 1. The lowest BCUT2D eigenvalue weighted by atomic mass is 9.96. The Morgan fingerprint density at radius 2 is 2.09 bits per heavy atom. The molecule has 1 aliphatic heterocycles. The van der Waals surface area contributed by atoms with Gasteiger partial charge in [0.1, 0.15) is 5.75 Å². The second-order valence-corrected chi connectivity index (χ2v) is 6.57. The topological polar surface area (TPSA) is 46.6 Å². The van der Waals surface area contributed by atoms with Crippen LogP contribution in [0.3, 0.4) is 0 Å². The first-order valence-corrected chi connectivity index (χ1v) is 8.08. The summed E-state index contributed by atoms with van der Waals surface area (Å²) in [4.78, 5) is 25.6. The summed E-state index contributed by atoms with van der Waals surface area (Å²) in [6, 6.07) is 3.96. The fourth-order valence-corrected chi connectivity index (χ4v) is 3.20. The van der Waals surface area contributed by atoms with Crippen LogP contribution in [0, 0.1) is 19.3 Å². The molecule has 1 fully saturated rings. The Labute approximate surface area is 140 Å². The van der Waals surface area contributed by atoms with Gasteiger partial charge in [-0.15, -0.1) is 6.42 Å². The van der Waals surface area contributed by atoms with Crippen LogP contribution in [0.2, 0.25) is 0 Å². The van der Waals surface area contributed by atoms with Crippen molar-refractivity contribution in [3.63, 3.8) is 0 Å². The number of ether oxygens (including phenoxy) is 1. The molecule has 0 aromatic heterocycles. The molecule has 120 valence electrons. The van der Waals surface area contributed by atoms with Gasteiger partial charge < -0.3 is 4.74 Å². The maximum absolute atomic E-state index is 12.3. The van der Waals surface area contributed by atoms with Crippen LogP contribution < -0.4 is 4.74 Å². The van der Waals surface area contributed by atoms with Crippen molar-refractivity contribution in [1.29, 1.82) is 0 Å². The summed E-state index contributed by atoms with van der Waals surface area (Å²) in [5.41, 5.74) is 2.95. The van der Waals surface area contributed by atoms with E-state index in [1.165, 1.54) is 0 Å². The standard InChI is InChI=1S/C18H19NO3S/c1-6-7-19-17(20)16(23-18(19)21)10-13-9-14(11(2)3)15(22-5)8-12(13)4/h1,8-11H,7H2,2-5H3/b16-10+. The van der Waals surface area contributed by atoms with E-state index >= 15 is 0 Å². The number of hydrogen-bond acceptors (Lipinski definition) is 4. The molecule has 1 aromatic carbocycles. The highest BCUT2D eigenvalue weighted by molar-refractivity contribution is 8.18. The third-order valence-corrected chi connectivity index (χ3v) is 4.56. The first-order chi connectivity index (χ1) is 10.9. The maximum atomic E-state index is 12.3. The molecule has 0 unspecified atom stereocenters. The number of aryl methyl sites for hydroxylation is 1. The zero-order chi connectivity index (χ0) is 17.1. The zero-order valence-corrected chi connectivity index (χ0v) is 14.5. The molecular formula is C18H19NO3S. The highest BCUT2D eigenvalue weighted by Gasteiger charge is 2.34. The van der Waals surface area contributed by atoms with Crippen molar-refractivity contribution in [2.75, 3.05) is 13.7 Å². The largest absolute Gasteiger partial charge is 0.496 e. The summed E-state index contributed by atoms with van der Waals surface area (Å²) in [5.74, 6) is 3.11. The van der Waals surface area contributed by atoms with E-state index < -0.39 is 0 Å². The lowest BCUT2D eigenvalue weighted by Crippen LogP contribution is -2.28. The fraction of sp³-hybridized carbons (Fsp3) is 0.333. The van der Waals surface area contributed by atoms with Crippen molar-refractivity contribution >= 4 is 29.0 Å². The molecule has 23 heavy (non-hydrogen) atoms. The molecule has 1 saturated heterocycles. The summed E-state index contributed by atoms with van der Waals surface area (Å²) in [5, 5.41) is -0.325. The Bertz CT molecular complexity index is 729. The van der Waals surface area contributed by atoms with E-state index in [9.17, 15) is 9.59 Å². The van der Waals surface area contributed by atoms with Gasteiger partial charge in [-0.2, -0.15) is 0 Å². The maximum Gasteiger partial charge on any atom is 0.294 e. The third kappa shape index (κ3) is 3.43. The highest BCUT2D eigenvalue weighted by atomic mass is 32.2. The summed E-state index contributed by atoms with van der Waals surface area (Å²) in [7, 11) is 1.64. The quantitative estimate of drug-likeness (QED) is 0.623. The number of rotatable bonds is 4. The van der Waals surface area contributed by atoms with Gasteiger partial charge in [-0.25, -0.2) is 0 Å². The van der Waals surface area contributed by atoms with Crippen LogP contribution in [0.5, 0.6) is 5.75 Å². The second kappa shape index (κ2) is 6.93. The van der Waals surface area contributed by atoms with E-state index in [4.69, 9.17) is 11.2 Å². The van der Waals surface area contributed by atoms with Crippen molar-refractivity contribution in [2.45, 2.75) is 26.7 Å². The molecule has 0 aliphatic carbocycles. The Hall–Kier alpha value is -2.19. The van der Waals surface area contributed by atoms with E-state index in [0.29, 0.717) is 4.91 Å². The van der Waals surface area contributed by atoms with Gasteiger partial charge in [-0.3, -0.25) is 14.5 Å². The van der Waals surface area contributed by atoms with Crippen LogP contribution in [0.1, 0.15) is 36.5 Å². The van der Waals surface area contributed by atoms with Gasteiger partial charge in [0.25, 0.3) is 11.1 Å². The second-order valence-electron chi connectivity index (χ2n) is 5.58. The number of imide groups is 1. The van der Waals surface area contributed by atoms with E-state index in [0.717, 1.165) is 39.1 Å². The first kappa shape index (κ1) is 17.2. The molecule has 0 N–H and O–H groups in total. The van der Waals surface area contributed by atoms with E-state index in [-0.39, 0.29) is 23.6 Å². The van der Waals surface area contributed by atoms with Gasteiger partial charge in [-0.05, 0) is 59.5 Å². The number of carbonyl (C=O) groups excluding carboxylic acids is 2. The Morgan fingerprint density at radius 1 is 1.39 bits per heavy atom. The lowest BCUT2D eigenvalue weighted by molar-refractivity contribution is -0.122. The van der Waals surface area contributed by atoms with Crippen LogP contribution in [-0.2, 0) is 4.79 Å². The SMILES string of the molecule is C#CCN1C(=O)S/C(=C/c2cc(C(C)C)c(OC)cc2C)C1=O. The molecule has 1 heterocycles. The molecule has 2 rings (SSSR count).